The molecular weight excluding hydrogens is 217 g/mol. The molecule has 1 N–H and O–H groups in total. The molecule has 0 aliphatic rings. The van der Waals surface area contributed by atoms with Crippen LogP contribution in [0.25, 0.3) is 5.76 Å². The van der Waals surface area contributed by atoms with Gasteiger partial charge in [0, 0.05) is 24.0 Å². The molecule has 0 unspecified atom stereocenters. The first-order valence-corrected chi connectivity index (χ1v) is 4.67. The maximum atomic E-state index is 11.2. The number of aromatic nitrogens is 1. The van der Waals surface area contributed by atoms with Crippen LogP contribution in [0.4, 0.5) is 0 Å². The van der Waals surface area contributed by atoms with Gasteiger partial charge in [0.15, 0.2) is 0 Å². The third-order valence-electron chi connectivity index (χ3n) is 1.72. The van der Waals surface area contributed by atoms with Crippen LogP contribution >= 0.6 is 0 Å². The Kier molecular flexibility index (Phi) is 6.95. The number of pyridine rings is 1. The Bertz CT molecular complexity index is 417. The number of ether oxygens (including phenoxy) is 1. The Balaban J connectivity index is 0.00000256. The summed E-state index contributed by atoms with van der Waals surface area (Å²) in [5, 5.41) is 9.51. The number of esters is 1. The second-order valence-electron chi connectivity index (χ2n) is 2.85. The van der Waals surface area contributed by atoms with Gasteiger partial charge >= 0.3 is 24.8 Å². The zero-order valence-corrected chi connectivity index (χ0v) is 8.71. The molecule has 1 heterocycles. The summed E-state index contributed by atoms with van der Waals surface area (Å²) in [5.74, 6) is -2.17. The minimum atomic E-state index is -0.983. The number of hydrogen-bond donors (Lipinski definition) is 1. The average Bonchev–Trinajstić information content (AvgIpc) is 2.30. The van der Waals surface area contributed by atoms with E-state index < -0.39 is 11.8 Å². The summed E-state index contributed by atoms with van der Waals surface area (Å²) in [4.78, 5) is 25.9. The molecule has 0 spiro atoms. The van der Waals surface area contributed by atoms with Crippen LogP contribution in [0.3, 0.4) is 0 Å². The summed E-state index contributed by atoms with van der Waals surface area (Å²) in [7, 11) is 0. The van der Waals surface area contributed by atoms with Crippen molar-refractivity contribution in [2.75, 3.05) is 6.61 Å². The van der Waals surface area contributed by atoms with E-state index in [-0.39, 0.29) is 31.2 Å². The van der Waals surface area contributed by atoms with Gasteiger partial charge in [-0.3, -0.25) is 9.78 Å². The Labute approximate surface area is 111 Å². The van der Waals surface area contributed by atoms with Crippen molar-refractivity contribution in [1.82, 2.24) is 4.98 Å². The molecule has 0 bridgehead atoms. The summed E-state index contributed by atoms with van der Waals surface area (Å²) in [5.41, 5.74) is 0.410. The summed E-state index contributed by atoms with van der Waals surface area (Å²) in [6.45, 7) is 1.71. The zero-order chi connectivity index (χ0) is 12.0. The third-order valence-corrected chi connectivity index (χ3v) is 1.72. The number of aliphatic hydroxyl groups excluding tert-OH is 1. The van der Waals surface area contributed by atoms with Gasteiger partial charge in [0.05, 0.1) is 6.61 Å². The molecule has 0 aromatic carbocycles. The number of nitrogens with zero attached hydrogens (tertiary/aromatic N) is 1. The monoisotopic (exact) mass is 229 g/mol. The van der Waals surface area contributed by atoms with Crippen molar-refractivity contribution in [3.63, 3.8) is 0 Å². The molecule has 1 aromatic heterocycles. The molecule has 17 heavy (non-hydrogen) atoms. The summed E-state index contributed by atoms with van der Waals surface area (Å²) in [6, 6.07) is 3.04. The van der Waals surface area contributed by atoms with Gasteiger partial charge in [0.2, 0.25) is 0 Å². The van der Waals surface area contributed by atoms with Crippen molar-refractivity contribution in [3.8, 4) is 0 Å². The van der Waals surface area contributed by atoms with Crippen molar-refractivity contribution in [1.29, 1.82) is 0 Å². The summed E-state index contributed by atoms with van der Waals surface area (Å²) in [6.07, 6.45) is 3.76. The first kappa shape index (κ1) is 15.4. The quantitative estimate of drug-likeness (QED) is 0.267. The molecule has 0 aliphatic heterocycles. The minimum absolute atomic E-state index is 0. The van der Waals surface area contributed by atoms with Crippen molar-refractivity contribution in [3.05, 3.63) is 36.2 Å². The fraction of sp³-hybridized carbons (Fsp3) is 0.182. The second-order valence-corrected chi connectivity index (χ2v) is 2.85. The number of carbonyl (C=O) groups is 2. The standard InChI is InChI=1S/C11H11NO4.Li.H/c1-2-16-11(15)10(14)7-9(13)8-3-5-12-6-4-8;;/h3-7,13H,2H2,1H3;;. The molecule has 0 aliphatic carbocycles. The molecule has 0 atom stereocenters. The van der Waals surface area contributed by atoms with E-state index in [4.69, 9.17) is 0 Å². The molecule has 1 aromatic rings. The van der Waals surface area contributed by atoms with Crippen LogP contribution in [0, 0.1) is 0 Å². The number of aliphatic hydroxyl groups is 1. The van der Waals surface area contributed by atoms with Crippen LogP contribution in [0.5, 0.6) is 0 Å². The predicted octanol–water partition coefficient (Wildman–Crippen LogP) is 0.464. The van der Waals surface area contributed by atoms with E-state index in [1.165, 1.54) is 24.5 Å². The molecule has 1 rings (SSSR count). The van der Waals surface area contributed by atoms with E-state index in [0.717, 1.165) is 6.08 Å². The Morgan fingerprint density at radius 1 is 1.41 bits per heavy atom. The third kappa shape index (κ3) is 4.85. The molecule has 0 radical (unpaired) electrons. The first-order chi connectivity index (χ1) is 7.65. The summed E-state index contributed by atoms with van der Waals surface area (Å²) >= 11 is 0. The normalized spacial score (nSPS) is 10.3. The van der Waals surface area contributed by atoms with Gasteiger partial charge in [-0.15, -0.1) is 0 Å². The van der Waals surface area contributed by atoms with Crippen LogP contribution in [0.2, 0.25) is 0 Å². The maximum absolute atomic E-state index is 11.2. The van der Waals surface area contributed by atoms with E-state index in [2.05, 4.69) is 9.72 Å². The van der Waals surface area contributed by atoms with E-state index in [0.29, 0.717) is 5.56 Å². The topological polar surface area (TPSA) is 76.5 Å². The molecule has 0 fully saturated rings. The van der Waals surface area contributed by atoms with Crippen LogP contribution in [-0.2, 0) is 14.3 Å². The van der Waals surface area contributed by atoms with Gasteiger partial charge in [-0.05, 0) is 19.1 Å². The molecule has 86 valence electrons. The van der Waals surface area contributed by atoms with Crippen molar-refractivity contribution < 1.29 is 19.4 Å². The van der Waals surface area contributed by atoms with Gasteiger partial charge < -0.3 is 9.84 Å². The van der Waals surface area contributed by atoms with Gasteiger partial charge in [-0.2, -0.15) is 0 Å². The number of carbonyl (C=O) groups excluding carboxylic acids is 2. The van der Waals surface area contributed by atoms with E-state index >= 15 is 0 Å². The molecule has 0 saturated carbocycles. The molecular formula is C11H12LiNO4. The van der Waals surface area contributed by atoms with Crippen LogP contribution in [-0.4, -0.2) is 47.3 Å². The molecule has 0 saturated heterocycles. The number of hydrogen-bond acceptors (Lipinski definition) is 5. The van der Waals surface area contributed by atoms with Crippen LogP contribution in [0.1, 0.15) is 12.5 Å². The van der Waals surface area contributed by atoms with E-state index in [1.54, 1.807) is 6.92 Å². The zero-order valence-electron chi connectivity index (χ0n) is 8.71. The van der Waals surface area contributed by atoms with Crippen LogP contribution in [0.15, 0.2) is 30.6 Å². The number of rotatable bonds is 4. The Morgan fingerprint density at radius 3 is 2.53 bits per heavy atom. The van der Waals surface area contributed by atoms with Crippen LogP contribution < -0.4 is 0 Å². The van der Waals surface area contributed by atoms with Gasteiger partial charge in [0.1, 0.15) is 5.76 Å². The second kappa shape index (κ2) is 7.66. The van der Waals surface area contributed by atoms with Gasteiger partial charge in [-0.25, -0.2) is 4.79 Å². The first-order valence-electron chi connectivity index (χ1n) is 4.67. The summed E-state index contributed by atoms with van der Waals surface area (Å²) < 4.78 is 4.48. The van der Waals surface area contributed by atoms with E-state index in [1.807, 2.05) is 0 Å². The van der Waals surface area contributed by atoms with Gasteiger partial charge in [0.25, 0.3) is 5.78 Å². The SMILES string of the molecule is CCOC(=O)C(=O)C=C(O)c1ccncc1.[LiH]. The molecule has 5 nitrogen and oxygen atoms in total. The van der Waals surface area contributed by atoms with Crippen molar-refractivity contribution in [2.45, 2.75) is 6.92 Å². The molecule has 0 amide bonds. The van der Waals surface area contributed by atoms with Crippen molar-refractivity contribution >= 4 is 36.4 Å². The average molecular weight is 229 g/mol. The molecule has 6 heteroatoms. The predicted molar refractivity (Wildman–Crippen MR) is 63.6 cm³/mol. The van der Waals surface area contributed by atoms with Crippen molar-refractivity contribution in [2.24, 2.45) is 0 Å². The fourth-order valence-corrected chi connectivity index (χ4v) is 0.991. The Morgan fingerprint density at radius 2 is 2.00 bits per heavy atom. The van der Waals surface area contributed by atoms with Gasteiger partial charge in [-0.1, -0.05) is 0 Å². The Hall–Kier alpha value is -1.57. The van der Waals surface area contributed by atoms with E-state index in [9.17, 15) is 14.7 Å². The number of ketones is 1. The fourth-order valence-electron chi connectivity index (χ4n) is 0.991.